The van der Waals surface area contributed by atoms with Crippen LogP contribution >= 0.6 is 0 Å². The first-order valence-corrected chi connectivity index (χ1v) is 8.90. The number of rotatable bonds is 4. The van der Waals surface area contributed by atoms with Gasteiger partial charge in [-0.3, -0.25) is 14.4 Å². The van der Waals surface area contributed by atoms with Gasteiger partial charge >= 0.3 is 0 Å². The zero-order valence-electron chi connectivity index (χ0n) is 13.9. The molecule has 1 atom stereocenters. The Morgan fingerprint density at radius 2 is 1.79 bits per heavy atom. The third-order valence-electron chi connectivity index (χ3n) is 5.17. The Morgan fingerprint density at radius 1 is 1.04 bits per heavy atom. The van der Waals surface area contributed by atoms with Gasteiger partial charge in [0.05, 0.1) is 6.04 Å². The van der Waals surface area contributed by atoms with E-state index in [1.807, 2.05) is 41.3 Å². The van der Waals surface area contributed by atoms with Gasteiger partial charge < -0.3 is 4.90 Å². The lowest BCUT2D eigenvalue weighted by Crippen LogP contribution is -2.54. The fraction of sp³-hybridized carbons (Fsp3) is 0.474. The van der Waals surface area contributed by atoms with E-state index in [0.717, 1.165) is 44.6 Å². The number of hydrogen-bond donors (Lipinski definition) is 0. The molecule has 24 heavy (non-hydrogen) atoms. The van der Waals surface area contributed by atoms with E-state index in [2.05, 4.69) is 27.0 Å². The highest BCUT2D eigenvalue weighted by Gasteiger charge is 2.39. The summed E-state index contributed by atoms with van der Waals surface area (Å²) < 4.78 is 2.00. The number of aromatic nitrogens is 2. The molecule has 5 nitrogen and oxygen atoms in total. The largest absolute Gasteiger partial charge is 0.341 e. The second-order valence-corrected chi connectivity index (χ2v) is 6.79. The van der Waals surface area contributed by atoms with Crippen molar-refractivity contribution < 1.29 is 4.79 Å². The minimum Gasteiger partial charge on any atom is -0.341 e. The summed E-state index contributed by atoms with van der Waals surface area (Å²) in [5.74, 6) is 0.264. The van der Waals surface area contributed by atoms with Gasteiger partial charge in [-0.2, -0.15) is 5.10 Å². The Kier molecular flexibility index (Phi) is 4.34. The van der Waals surface area contributed by atoms with Crippen molar-refractivity contribution in [1.82, 2.24) is 19.6 Å². The average Bonchev–Trinajstić information content (AvgIpc) is 3.12. The lowest BCUT2D eigenvalue weighted by Gasteiger charge is -2.45. The van der Waals surface area contributed by atoms with E-state index in [1.54, 1.807) is 0 Å². The first kappa shape index (κ1) is 15.4. The first-order valence-electron chi connectivity index (χ1n) is 8.90. The molecule has 1 aromatic carbocycles. The summed E-state index contributed by atoms with van der Waals surface area (Å²) in [5, 5.41) is 4.33. The Balaban J connectivity index is 1.52. The van der Waals surface area contributed by atoms with Gasteiger partial charge in [-0.1, -0.05) is 30.3 Å². The van der Waals surface area contributed by atoms with E-state index in [-0.39, 0.29) is 11.9 Å². The number of benzene rings is 1. The van der Waals surface area contributed by atoms with Crippen molar-refractivity contribution in [2.75, 3.05) is 26.2 Å². The molecule has 2 aromatic rings. The number of likely N-dealkylation sites (tertiary alicyclic amines) is 2. The van der Waals surface area contributed by atoms with Crippen molar-refractivity contribution in [2.45, 2.75) is 31.3 Å². The maximum atomic E-state index is 13.2. The van der Waals surface area contributed by atoms with Crippen LogP contribution in [0.4, 0.5) is 0 Å². The molecule has 1 amide bonds. The molecule has 2 aliphatic rings. The van der Waals surface area contributed by atoms with E-state index in [4.69, 9.17) is 0 Å². The van der Waals surface area contributed by atoms with Gasteiger partial charge in [0.15, 0.2) is 0 Å². The number of hydrogen-bond acceptors (Lipinski definition) is 3. The van der Waals surface area contributed by atoms with E-state index < -0.39 is 0 Å². The van der Waals surface area contributed by atoms with Crippen LogP contribution in [0.15, 0.2) is 48.8 Å². The van der Waals surface area contributed by atoms with Crippen LogP contribution in [0.3, 0.4) is 0 Å². The van der Waals surface area contributed by atoms with E-state index in [1.165, 1.54) is 6.42 Å². The highest BCUT2D eigenvalue weighted by molar-refractivity contribution is 5.83. The molecule has 2 fully saturated rings. The van der Waals surface area contributed by atoms with Crippen LogP contribution in [-0.2, 0) is 4.79 Å². The fourth-order valence-electron chi connectivity index (χ4n) is 3.79. The van der Waals surface area contributed by atoms with E-state index >= 15 is 0 Å². The molecule has 0 saturated carbocycles. The van der Waals surface area contributed by atoms with Crippen molar-refractivity contribution in [1.29, 1.82) is 0 Å². The van der Waals surface area contributed by atoms with Crippen molar-refractivity contribution in [3.05, 3.63) is 54.4 Å². The van der Waals surface area contributed by atoms with Crippen molar-refractivity contribution >= 4 is 5.91 Å². The summed E-state index contributed by atoms with van der Waals surface area (Å²) in [6.45, 7) is 3.55. The molecular formula is C19H24N4O. The lowest BCUT2D eigenvalue weighted by atomic mass is 9.97. The molecule has 0 spiro atoms. The summed E-state index contributed by atoms with van der Waals surface area (Å²) in [4.78, 5) is 17.5. The predicted octanol–water partition coefficient (Wildman–Crippen LogP) is 2.49. The number of nitrogens with zero attached hydrogens (tertiary/aromatic N) is 4. The third-order valence-corrected chi connectivity index (χ3v) is 5.17. The Morgan fingerprint density at radius 3 is 2.46 bits per heavy atom. The normalized spacial score (nSPS) is 20.6. The van der Waals surface area contributed by atoms with Gasteiger partial charge in [-0.15, -0.1) is 0 Å². The van der Waals surface area contributed by atoms with Crippen LogP contribution in [0.1, 0.15) is 36.9 Å². The average molecular weight is 324 g/mol. The summed E-state index contributed by atoms with van der Waals surface area (Å²) in [6, 6.07) is 12.4. The van der Waals surface area contributed by atoms with Gasteiger partial charge in [-0.05, 0) is 30.9 Å². The second-order valence-electron chi connectivity index (χ2n) is 6.79. The monoisotopic (exact) mass is 324 g/mol. The smallest absolute Gasteiger partial charge is 0.244 e. The van der Waals surface area contributed by atoms with Crippen LogP contribution < -0.4 is 0 Å². The van der Waals surface area contributed by atoms with Crippen LogP contribution in [0.5, 0.6) is 0 Å². The minimum atomic E-state index is -0.156. The van der Waals surface area contributed by atoms with Crippen molar-refractivity contribution in [3.8, 4) is 0 Å². The minimum absolute atomic E-state index is 0.156. The summed E-state index contributed by atoms with van der Waals surface area (Å²) in [7, 11) is 0. The molecule has 0 radical (unpaired) electrons. The molecule has 2 saturated heterocycles. The zero-order valence-corrected chi connectivity index (χ0v) is 13.9. The number of carbonyl (C=O) groups excluding carboxylic acids is 1. The highest BCUT2D eigenvalue weighted by Crippen LogP contribution is 2.33. The molecule has 5 heteroatoms. The molecule has 0 bridgehead atoms. The van der Waals surface area contributed by atoms with Crippen LogP contribution in [0.2, 0.25) is 0 Å². The molecule has 0 N–H and O–H groups in total. The Labute approximate surface area is 142 Å². The zero-order chi connectivity index (χ0) is 16.4. The molecule has 2 aliphatic heterocycles. The third kappa shape index (κ3) is 2.96. The number of piperidine rings is 1. The Hall–Kier alpha value is -2.14. The molecule has 1 unspecified atom stereocenters. The predicted molar refractivity (Wildman–Crippen MR) is 92.5 cm³/mol. The maximum absolute atomic E-state index is 13.2. The van der Waals surface area contributed by atoms with Gasteiger partial charge in [0.25, 0.3) is 0 Å². The molecule has 3 heterocycles. The lowest BCUT2D eigenvalue weighted by molar-refractivity contribution is -0.141. The number of amides is 1. The molecular weight excluding hydrogens is 300 g/mol. The van der Waals surface area contributed by atoms with E-state index in [9.17, 15) is 4.79 Å². The highest BCUT2D eigenvalue weighted by atomic mass is 16.2. The van der Waals surface area contributed by atoms with Gasteiger partial charge in [0.1, 0.15) is 6.04 Å². The maximum Gasteiger partial charge on any atom is 0.244 e. The van der Waals surface area contributed by atoms with E-state index in [0.29, 0.717) is 6.04 Å². The molecule has 0 aliphatic carbocycles. The molecule has 4 rings (SSSR count). The fourth-order valence-corrected chi connectivity index (χ4v) is 3.79. The van der Waals surface area contributed by atoms with Crippen molar-refractivity contribution in [3.63, 3.8) is 0 Å². The summed E-state index contributed by atoms with van der Waals surface area (Å²) in [5.41, 5.74) is 1.10. The van der Waals surface area contributed by atoms with Crippen LogP contribution in [0.25, 0.3) is 0 Å². The SMILES string of the molecule is O=C(C(c1ccccc1)N1CC(n2cccn2)C1)N1CCCCC1. The van der Waals surface area contributed by atoms with Gasteiger partial charge in [-0.25, -0.2) is 0 Å². The summed E-state index contributed by atoms with van der Waals surface area (Å²) >= 11 is 0. The first-order chi connectivity index (χ1) is 11.8. The molecule has 1 aromatic heterocycles. The van der Waals surface area contributed by atoms with Crippen molar-refractivity contribution in [2.24, 2.45) is 0 Å². The standard InChI is InChI=1S/C19H24N4O/c24-19(21-11-5-2-6-12-21)18(16-8-3-1-4-9-16)22-14-17(15-22)23-13-7-10-20-23/h1,3-4,7-10,13,17-18H,2,5-6,11-12,14-15H2. The quantitative estimate of drug-likeness (QED) is 0.868. The van der Waals surface area contributed by atoms with Gasteiger partial charge in [0.2, 0.25) is 5.91 Å². The Bertz CT molecular complexity index is 658. The molecule has 126 valence electrons. The topological polar surface area (TPSA) is 41.4 Å². The van der Waals surface area contributed by atoms with Gasteiger partial charge in [0, 0.05) is 38.6 Å². The summed E-state index contributed by atoms with van der Waals surface area (Å²) in [6.07, 6.45) is 7.32. The second kappa shape index (κ2) is 6.77. The number of carbonyl (C=O) groups is 1. The van der Waals surface area contributed by atoms with Crippen LogP contribution in [0, 0.1) is 0 Å². The van der Waals surface area contributed by atoms with Crippen LogP contribution in [-0.4, -0.2) is 51.7 Å².